The summed E-state index contributed by atoms with van der Waals surface area (Å²) in [4.78, 5) is 9.07. The Hall–Kier alpha value is -2.20. The summed E-state index contributed by atoms with van der Waals surface area (Å²) in [6, 6.07) is 12.3. The molecule has 2 aromatic heterocycles. The van der Waals surface area contributed by atoms with Crippen molar-refractivity contribution in [3.05, 3.63) is 58.9 Å². The fraction of sp³-hybridized carbons (Fsp3) is 0.348. The molecule has 0 bridgehead atoms. The number of thiophene rings is 1. The molecular formula is C23H24N4O2S3. The van der Waals surface area contributed by atoms with E-state index in [0.717, 1.165) is 41.2 Å². The quantitative estimate of drug-likeness (QED) is 0.371. The molecular weight excluding hydrogens is 460 g/mol. The van der Waals surface area contributed by atoms with Crippen LogP contribution >= 0.6 is 35.3 Å². The fourth-order valence-electron chi connectivity index (χ4n) is 4.16. The van der Waals surface area contributed by atoms with Crippen LogP contribution in [0.3, 0.4) is 0 Å². The zero-order valence-electron chi connectivity index (χ0n) is 17.9. The van der Waals surface area contributed by atoms with Gasteiger partial charge in [0.05, 0.1) is 29.1 Å². The van der Waals surface area contributed by atoms with Gasteiger partial charge >= 0.3 is 0 Å². The van der Waals surface area contributed by atoms with Gasteiger partial charge in [-0.25, -0.2) is 0 Å². The lowest BCUT2D eigenvalue weighted by atomic mass is 9.94. The molecule has 1 saturated heterocycles. The summed E-state index contributed by atoms with van der Waals surface area (Å²) in [7, 11) is 0. The smallest absolute Gasteiger partial charge is 0.258 e. The Balaban J connectivity index is 1.56. The Bertz CT molecular complexity index is 1120. The number of benzene rings is 1. The lowest BCUT2D eigenvalue weighted by Crippen LogP contribution is -2.48. The lowest BCUT2D eigenvalue weighted by molar-refractivity contribution is 0.0962. The number of rotatable bonds is 6. The number of nitrogens with one attached hydrogen (secondary N) is 1. The Morgan fingerprint density at radius 2 is 2.12 bits per heavy atom. The van der Waals surface area contributed by atoms with E-state index in [9.17, 15) is 0 Å². The minimum Gasteiger partial charge on any atom is -0.376 e. The largest absolute Gasteiger partial charge is 0.376 e. The van der Waals surface area contributed by atoms with Gasteiger partial charge in [-0.05, 0) is 67.4 Å². The minimum atomic E-state index is -0.171. The summed E-state index contributed by atoms with van der Waals surface area (Å²) in [5, 5.41) is 10.5. The monoisotopic (exact) mass is 484 g/mol. The van der Waals surface area contributed by atoms with E-state index in [1.54, 1.807) is 23.1 Å². The molecule has 2 aliphatic heterocycles. The van der Waals surface area contributed by atoms with Crippen LogP contribution in [0.1, 0.15) is 37.3 Å². The van der Waals surface area contributed by atoms with E-state index in [2.05, 4.69) is 52.8 Å². The molecule has 0 saturated carbocycles. The van der Waals surface area contributed by atoms with Gasteiger partial charge < -0.3 is 19.5 Å². The first kappa shape index (κ1) is 21.6. The number of thiocarbonyl (C=S) groups is 1. The molecule has 2 atom stereocenters. The van der Waals surface area contributed by atoms with Crippen LogP contribution in [0.4, 0.5) is 0 Å². The van der Waals surface area contributed by atoms with Crippen LogP contribution in [0.5, 0.6) is 0 Å². The summed E-state index contributed by atoms with van der Waals surface area (Å²) in [5.41, 5.74) is 3.07. The zero-order valence-corrected chi connectivity index (χ0v) is 20.4. The van der Waals surface area contributed by atoms with Gasteiger partial charge in [-0.3, -0.25) is 0 Å². The molecule has 5 rings (SSSR count). The van der Waals surface area contributed by atoms with Crippen molar-refractivity contribution in [1.29, 1.82) is 0 Å². The van der Waals surface area contributed by atoms with Gasteiger partial charge in [-0.2, -0.15) is 4.98 Å². The average Bonchev–Trinajstić information content (AvgIpc) is 3.59. The molecule has 6 nitrogen and oxygen atoms in total. The summed E-state index contributed by atoms with van der Waals surface area (Å²) in [5.74, 6) is 1.11. The van der Waals surface area contributed by atoms with Crippen molar-refractivity contribution in [3.63, 3.8) is 0 Å². The van der Waals surface area contributed by atoms with Crippen molar-refractivity contribution in [2.24, 2.45) is 0 Å². The number of hydrogen-bond acceptors (Lipinski definition) is 7. The molecule has 0 radical (unpaired) electrons. The molecule has 9 heteroatoms. The van der Waals surface area contributed by atoms with E-state index in [4.69, 9.17) is 26.5 Å². The van der Waals surface area contributed by atoms with E-state index in [0.29, 0.717) is 23.4 Å². The number of nitrogens with zero attached hydrogens (tertiary/aromatic N) is 3. The van der Waals surface area contributed by atoms with Crippen molar-refractivity contribution in [3.8, 4) is 10.7 Å². The van der Waals surface area contributed by atoms with E-state index >= 15 is 0 Å². The van der Waals surface area contributed by atoms with Crippen molar-refractivity contribution in [1.82, 2.24) is 20.4 Å². The third-order valence-electron chi connectivity index (χ3n) is 5.85. The standard InChI is InChI=1S/C23H24N4O2S3/c1-14-19(22-25-21(26-29-22)18-6-4-12-32-18)20(15-7-9-17(31-2)10-8-15)24-23(30)27(14)13-16-5-3-11-28-16/h4,6-10,12,16,20H,3,5,11,13H2,1-2H3,(H,24,30). The highest BCUT2D eigenvalue weighted by atomic mass is 32.2. The first-order chi connectivity index (χ1) is 15.6. The van der Waals surface area contributed by atoms with Crippen LogP contribution in [-0.2, 0) is 4.74 Å². The van der Waals surface area contributed by atoms with Crippen molar-refractivity contribution < 1.29 is 9.26 Å². The molecule has 0 aliphatic carbocycles. The molecule has 0 spiro atoms. The van der Waals surface area contributed by atoms with Gasteiger partial charge in [0, 0.05) is 17.2 Å². The van der Waals surface area contributed by atoms with Gasteiger partial charge in [0.1, 0.15) is 0 Å². The highest BCUT2D eigenvalue weighted by Gasteiger charge is 2.35. The maximum Gasteiger partial charge on any atom is 0.258 e. The normalized spacial score (nSPS) is 21.3. The maximum atomic E-state index is 5.88. The van der Waals surface area contributed by atoms with Crippen LogP contribution in [0.2, 0.25) is 0 Å². The lowest BCUT2D eigenvalue weighted by Gasteiger charge is -2.38. The number of aromatic nitrogens is 2. The SMILES string of the molecule is CSc1ccc(C2NC(=S)N(CC3CCCO3)C(C)=C2c2nc(-c3cccs3)no2)cc1. The molecule has 0 amide bonds. The van der Waals surface area contributed by atoms with E-state index < -0.39 is 0 Å². The van der Waals surface area contributed by atoms with Crippen LogP contribution < -0.4 is 5.32 Å². The number of hydrogen-bond donors (Lipinski definition) is 1. The van der Waals surface area contributed by atoms with Crippen molar-refractivity contribution >= 4 is 46.0 Å². The van der Waals surface area contributed by atoms with E-state index in [-0.39, 0.29) is 12.1 Å². The average molecular weight is 485 g/mol. The Kier molecular flexibility index (Phi) is 6.32. The van der Waals surface area contributed by atoms with Crippen molar-refractivity contribution in [2.45, 2.75) is 36.8 Å². The number of ether oxygens (including phenoxy) is 1. The van der Waals surface area contributed by atoms with Crippen LogP contribution in [-0.4, -0.2) is 45.7 Å². The van der Waals surface area contributed by atoms with Gasteiger partial charge in [-0.1, -0.05) is 23.4 Å². The fourth-order valence-corrected chi connectivity index (χ4v) is 5.54. The molecule has 4 heterocycles. The Morgan fingerprint density at radius 3 is 2.81 bits per heavy atom. The van der Waals surface area contributed by atoms with Gasteiger partial charge in [-0.15, -0.1) is 23.1 Å². The maximum absolute atomic E-state index is 5.88. The molecule has 32 heavy (non-hydrogen) atoms. The molecule has 1 aromatic carbocycles. The van der Waals surface area contributed by atoms with Gasteiger partial charge in [0.15, 0.2) is 5.11 Å². The zero-order chi connectivity index (χ0) is 22.1. The van der Waals surface area contributed by atoms with Crippen LogP contribution in [0.15, 0.2) is 56.9 Å². The molecule has 3 aromatic rings. The van der Waals surface area contributed by atoms with Gasteiger partial charge in [0.2, 0.25) is 5.82 Å². The van der Waals surface area contributed by atoms with Crippen molar-refractivity contribution in [2.75, 3.05) is 19.4 Å². The third kappa shape index (κ3) is 4.22. The molecule has 2 aliphatic rings. The summed E-state index contributed by atoms with van der Waals surface area (Å²) >= 11 is 9.11. The summed E-state index contributed by atoms with van der Waals surface area (Å²) in [6.07, 6.45) is 4.39. The van der Waals surface area contributed by atoms with E-state index in [1.807, 2.05) is 17.5 Å². The van der Waals surface area contributed by atoms with Crippen LogP contribution in [0, 0.1) is 0 Å². The first-order valence-corrected chi connectivity index (χ1v) is 13.1. The second-order valence-corrected chi connectivity index (χ2v) is 10.0. The highest BCUT2D eigenvalue weighted by molar-refractivity contribution is 7.98. The first-order valence-electron chi connectivity index (χ1n) is 10.6. The molecule has 2 unspecified atom stereocenters. The Labute approximate surface area is 201 Å². The second kappa shape index (κ2) is 9.35. The topological polar surface area (TPSA) is 63.4 Å². The molecule has 1 fully saturated rings. The van der Waals surface area contributed by atoms with E-state index in [1.165, 1.54) is 4.90 Å². The van der Waals surface area contributed by atoms with Crippen LogP contribution in [0.25, 0.3) is 16.3 Å². The Morgan fingerprint density at radius 1 is 1.28 bits per heavy atom. The number of thioether (sulfide) groups is 1. The predicted molar refractivity (Wildman–Crippen MR) is 133 cm³/mol. The van der Waals surface area contributed by atoms with Gasteiger partial charge in [0.25, 0.3) is 5.89 Å². The predicted octanol–water partition coefficient (Wildman–Crippen LogP) is 5.36. The summed E-state index contributed by atoms with van der Waals surface area (Å²) in [6.45, 7) is 3.60. The number of allylic oxidation sites excluding steroid dienone is 1. The molecule has 1 N–H and O–H groups in total. The third-order valence-corrected chi connectivity index (χ3v) is 7.80. The molecule has 166 valence electrons. The summed E-state index contributed by atoms with van der Waals surface area (Å²) < 4.78 is 11.7. The highest BCUT2D eigenvalue weighted by Crippen LogP contribution is 2.38. The second-order valence-electron chi connectivity index (χ2n) is 7.80. The minimum absolute atomic E-state index is 0.171.